The molecule has 0 atom stereocenters. The number of halogens is 6. The third-order valence-electron chi connectivity index (χ3n) is 1.65. The second kappa shape index (κ2) is 4.89. The van der Waals surface area contributed by atoms with E-state index in [0.717, 1.165) is 0 Å². The third kappa shape index (κ3) is 3.92. The largest absolute Gasteiger partial charge is 1.00 e. The number of hydrogen-bond acceptors (Lipinski definition) is 0. The van der Waals surface area contributed by atoms with Gasteiger partial charge in [0.25, 0.3) is 0 Å². The van der Waals surface area contributed by atoms with Crippen LogP contribution in [0.15, 0.2) is 18.2 Å². The van der Waals surface area contributed by atoms with Crippen molar-refractivity contribution in [3.63, 3.8) is 0 Å². The quantitative estimate of drug-likeness (QED) is 0.365. The molecule has 0 amide bonds. The van der Waals surface area contributed by atoms with Gasteiger partial charge in [-0.1, -0.05) is 6.07 Å². The Kier molecular flexibility index (Phi) is 4.79. The van der Waals surface area contributed by atoms with Gasteiger partial charge in [0.2, 0.25) is 0 Å². The molecule has 1 rings (SSSR count). The molecule has 0 saturated heterocycles. The van der Waals surface area contributed by atoms with E-state index in [1.807, 2.05) is 0 Å². The summed E-state index contributed by atoms with van der Waals surface area (Å²) in [6.45, 7) is 3.07. The van der Waals surface area contributed by atoms with E-state index in [2.05, 4.69) is 6.92 Å². The minimum Gasteiger partial charge on any atom is -0.199 e. The molecular formula is C9H5F6Na. The van der Waals surface area contributed by atoms with Crippen molar-refractivity contribution < 1.29 is 55.9 Å². The minimum atomic E-state index is -4.80. The van der Waals surface area contributed by atoms with Crippen LogP contribution >= 0.6 is 0 Å². The van der Waals surface area contributed by atoms with Crippen LogP contribution in [0.5, 0.6) is 0 Å². The molecule has 1 aromatic carbocycles. The molecule has 0 fully saturated rings. The van der Waals surface area contributed by atoms with Gasteiger partial charge >= 0.3 is 41.9 Å². The standard InChI is InChI=1S/C9H5F6.Na/c1-5-2-6(8(10,11)12)4-7(3-5)9(13,14)15;/h2-4H,1H2;/q-1;+1. The summed E-state index contributed by atoms with van der Waals surface area (Å²) in [5.41, 5.74) is -3.01. The van der Waals surface area contributed by atoms with E-state index < -0.39 is 23.5 Å². The third-order valence-corrected chi connectivity index (χ3v) is 1.65. The molecule has 0 aliphatic carbocycles. The van der Waals surface area contributed by atoms with Gasteiger partial charge in [-0.25, -0.2) is 0 Å². The fourth-order valence-electron chi connectivity index (χ4n) is 1.02. The molecule has 0 bridgehead atoms. The zero-order chi connectivity index (χ0) is 11.9. The van der Waals surface area contributed by atoms with Crippen LogP contribution in [0.2, 0.25) is 0 Å². The minimum absolute atomic E-state index is 0. The van der Waals surface area contributed by atoms with Crippen LogP contribution in [-0.4, -0.2) is 0 Å². The van der Waals surface area contributed by atoms with Crippen molar-refractivity contribution >= 4 is 0 Å². The van der Waals surface area contributed by atoms with E-state index in [4.69, 9.17) is 0 Å². The Balaban J connectivity index is 0.00000225. The van der Waals surface area contributed by atoms with Crippen LogP contribution in [0.1, 0.15) is 16.7 Å². The maximum atomic E-state index is 12.1. The Morgan fingerprint density at radius 3 is 1.31 bits per heavy atom. The molecule has 84 valence electrons. The van der Waals surface area contributed by atoms with Crippen molar-refractivity contribution in [1.29, 1.82) is 0 Å². The van der Waals surface area contributed by atoms with Crippen LogP contribution in [0.25, 0.3) is 0 Å². The fourth-order valence-corrected chi connectivity index (χ4v) is 1.02. The molecule has 1 aromatic rings. The summed E-state index contributed by atoms with van der Waals surface area (Å²) in [7, 11) is 0. The number of alkyl halides is 6. The molecule has 0 unspecified atom stereocenters. The fraction of sp³-hybridized carbons (Fsp3) is 0.222. The number of rotatable bonds is 0. The monoisotopic (exact) mass is 250 g/mol. The van der Waals surface area contributed by atoms with E-state index in [1.54, 1.807) is 0 Å². The SMILES string of the molecule is [CH2-]c1cc(C(F)(F)F)cc(C(F)(F)F)c1.[Na+]. The first kappa shape index (κ1) is 15.7. The van der Waals surface area contributed by atoms with Gasteiger partial charge in [0.05, 0.1) is 0 Å². The predicted molar refractivity (Wildman–Crippen MR) is 40.9 cm³/mol. The number of benzene rings is 1. The maximum Gasteiger partial charge on any atom is 1.00 e. The molecule has 0 N–H and O–H groups in total. The summed E-state index contributed by atoms with van der Waals surface area (Å²) in [6.07, 6.45) is -9.60. The number of hydrogen-bond donors (Lipinski definition) is 0. The smallest absolute Gasteiger partial charge is 0.199 e. The second-order valence-electron chi connectivity index (χ2n) is 2.91. The molecule has 0 saturated carbocycles. The van der Waals surface area contributed by atoms with Gasteiger partial charge < -0.3 is 0 Å². The second-order valence-corrected chi connectivity index (χ2v) is 2.91. The Morgan fingerprint density at radius 2 is 1.06 bits per heavy atom. The summed E-state index contributed by atoms with van der Waals surface area (Å²) >= 11 is 0. The van der Waals surface area contributed by atoms with Gasteiger partial charge in [-0.2, -0.15) is 51.0 Å². The zero-order valence-electron chi connectivity index (χ0n) is 8.21. The van der Waals surface area contributed by atoms with Crippen molar-refractivity contribution in [2.45, 2.75) is 12.4 Å². The van der Waals surface area contributed by atoms with Crippen molar-refractivity contribution in [1.82, 2.24) is 0 Å². The van der Waals surface area contributed by atoms with Crippen molar-refractivity contribution in [2.75, 3.05) is 0 Å². The summed E-state index contributed by atoms with van der Waals surface area (Å²) in [4.78, 5) is 0. The van der Waals surface area contributed by atoms with Gasteiger partial charge in [0, 0.05) is 11.1 Å². The molecule has 0 aliphatic heterocycles. The molecule has 0 spiro atoms. The molecule has 0 aromatic heterocycles. The molecule has 0 nitrogen and oxygen atoms in total. The Bertz CT molecular complexity index is 333. The van der Waals surface area contributed by atoms with Crippen LogP contribution in [0.3, 0.4) is 0 Å². The van der Waals surface area contributed by atoms with Crippen molar-refractivity contribution in [3.05, 3.63) is 41.8 Å². The van der Waals surface area contributed by atoms with E-state index in [0.29, 0.717) is 12.1 Å². The van der Waals surface area contributed by atoms with Gasteiger partial charge in [0.1, 0.15) is 0 Å². The topological polar surface area (TPSA) is 0 Å². The Labute approximate surface area is 110 Å². The van der Waals surface area contributed by atoms with E-state index in [-0.39, 0.29) is 41.2 Å². The molecular weight excluding hydrogens is 245 g/mol. The molecule has 0 heterocycles. The predicted octanol–water partition coefficient (Wildman–Crippen LogP) is 0.910. The summed E-state index contributed by atoms with van der Waals surface area (Å²) in [5, 5.41) is 0. The summed E-state index contributed by atoms with van der Waals surface area (Å²) in [6, 6.07) is 1.19. The first-order valence-corrected chi connectivity index (χ1v) is 3.72. The van der Waals surface area contributed by atoms with Gasteiger partial charge in [-0.3, -0.25) is 0 Å². The van der Waals surface area contributed by atoms with Crippen LogP contribution in [0.4, 0.5) is 26.3 Å². The Hall–Kier alpha value is -0.330. The van der Waals surface area contributed by atoms with E-state index in [1.165, 1.54) is 0 Å². The average molecular weight is 250 g/mol. The summed E-state index contributed by atoms with van der Waals surface area (Å²) < 4.78 is 72.8. The zero-order valence-corrected chi connectivity index (χ0v) is 10.2. The van der Waals surface area contributed by atoms with Crippen LogP contribution < -0.4 is 29.6 Å². The average Bonchev–Trinajstić information content (AvgIpc) is 1.99. The van der Waals surface area contributed by atoms with Crippen molar-refractivity contribution in [2.24, 2.45) is 0 Å². The van der Waals surface area contributed by atoms with Crippen LogP contribution in [0, 0.1) is 6.92 Å². The first-order chi connectivity index (χ1) is 6.60. The van der Waals surface area contributed by atoms with Gasteiger partial charge in [-0.05, 0) is 0 Å². The van der Waals surface area contributed by atoms with E-state index in [9.17, 15) is 26.3 Å². The Morgan fingerprint density at radius 1 is 0.750 bits per heavy atom. The molecule has 7 heteroatoms. The molecule has 0 aliphatic rings. The molecule has 0 radical (unpaired) electrons. The normalized spacial score (nSPS) is 12.1. The maximum absolute atomic E-state index is 12.1. The van der Waals surface area contributed by atoms with Crippen LogP contribution in [-0.2, 0) is 12.4 Å². The van der Waals surface area contributed by atoms with Gasteiger partial charge in [0.15, 0.2) is 0 Å². The van der Waals surface area contributed by atoms with Gasteiger partial charge in [-0.15, -0.1) is 0 Å². The summed E-state index contributed by atoms with van der Waals surface area (Å²) in [5.74, 6) is 0. The van der Waals surface area contributed by atoms with E-state index >= 15 is 0 Å². The molecule has 16 heavy (non-hydrogen) atoms. The van der Waals surface area contributed by atoms with Crippen molar-refractivity contribution in [3.8, 4) is 0 Å². The first-order valence-electron chi connectivity index (χ1n) is 3.72.